The standard InChI is InChI=1S/C14H19Cl2N/c15-13-6-3-7-14(16)12(13)9-10-4-1-2-5-11(17)8-10/h3,6-7,10-11H,1-2,4-5,8-9,17H2. The Morgan fingerprint density at radius 1 is 1.12 bits per heavy atom. The van der Waals surface area contributed by atoms with Crippen LogP contribution < -0.4 is 5.73 Å². The minimum atomic E-state index is 0.351. The van der Waals surface area contributed by atoms with E-state index < -0.39 is 0 Å². The van der Waals surface area contributed by atoms with Gasteiger partial charge in [0.25, 0.3) is 0 Å². The van der Waals surface area contributed by atoms with Crippen molar-refractivity contribution in [3.8, 4) is 0 Å². The highest BCUT2D eigenvalue weighted by Crippen LogP contribution is 2.31. The lowest BCUT2D eigenvalue weighted by molar-refractivity contribution is 0.431. The number of nitrogens with two attached hydrogens (primary N) is 1. The van der Waals surface area contributed by atoms with E-state index >= 15 is 0 Å². The summed E-state index contributed by atoms with van der Waals surface area (Å²) in [7, 11) is 0. The fourth-order valence-corrected chi connectivity index (χ4v) is 3.26. The van der Waals surface area contributed by atoms with Gasteiger partial charge in [-0.1, -0.05) is 48.5 Å². The molecule has 1 aliphatic rings. The molecule has 1 aromatic carbocycles. The Bertz CT molecular complexity index is 358. The van der Waals surface area contributed by atoms with Crippen LogP contribution >= 0.6 is 23.2 Å². The molecule has 1 saturated carbocycles. The van der Waals surface area contributed by atoms with Gasteiger partial charge in [0.05, 0.1) is 0 Å². The Morgan fingerprint density at radius 2 is 1.76 bits per heavy atom. The molecule has 2 atom stereocenters. The van der Waals surface area contributed by atoms with E-state index in [4.69, 9.17) is 28.9 Å². The van der Waals surface area contributed by atoms with E-state index in [1.54, 1.807) is 0 Å². The number of rotatable bonds is 2. The van der Waals surface area contributed by atoms with Crippen LogP contribution in [0.2, 0.25) is 10.0 Å². The largest absolute Gasteiger partial charge is 0.328 e. The van der Waals surface area contributed by atoms with Crippen molar-refractivity contribution in [3.63, 3.8) is 0 Å². The molecule has 0 bridgehead atoms. The Kier molecular flexibility index (Phi) is 4.72. The second kappa shape index (κ2) is 6.08. The first-order valence-electron chi connectivity index (χ1n) is 6.35. The van der Waals surface area contributed by atoms with Gasteiger partial charge >= 0.3 is 0 Å². The Hall–Kier alpha value is -0.240. The molecular formula is C14H19Cl2N. The number of hydrogen-bond acceptors (Lipinski definition) is 1. The maximum absolute atomic E-state index is 6.21. The molecule has 1 aliphatic carbocycles. The molecule has 0 spiro atoms. The van der Waals surface area contributed by atoms with Crippen LogP contribution in [0.25, 0.3) is 0 Å². The Labute approximate surface area is 113 Å². The van der Waals surface area contributed by atoms with Gasteiger partial charge in [0.15, 0.2) is 0 Å². The highest BCUT2D eigenvalue weighted by molar-refractivity contribution is 6.35. The van der Waals surface area contributed by atoms with E-state index in [0.29, 0.717) is 12.0 Å². The zero-order valence-corrected chi connectivity index (χ0v) is 11.5. The lowest BCUT2D eigenvalue weighted by Crippen LogP contribution is -2.22. The molecule has 0 saturated heterocycles. The third-order valence-electron chi connectivity index (χ3n) is 3.63. The van der Waals surface area contributed by atoms with Gasteiger partial charge in [0.2, 0.25) is 0 Å². The third kappa shape index (κ3) is 3.61. The maximum Gasteiger partial charge on any atom is 0.0452 e. The molecule has 1 fully saturated rings. The summed E-state index contributed by atoms with van der Waals surface area (Å²) in [4.78, 5) is 0. The van der Waals surface area contributed by atoms with Crippen LogP contribution in [0.5, 0.6) is 0 Å². The van der Waals surface area contributed by atoms with Crippen LogP contribution in [0.1, 0.15) is 37.7 Å². The minimum Gasteiger partial charge on any atom is -0.328 e. The predicted octanol–water partition coefficient (Wildman–Crippen LogP) is 4.44. The molecule has 0 aromatic heterocycles. The van der Waals surface area contributed by atoms with Crippen LogP contribution in [-0.4, -0.2) is 6.04 Å². The summed E-state index contributed by atoms with van der Waals surface area (Å²) in [6, 6.07) is 6.08. The van der Waals surface area contributed by atoms with Crippen molar-refractivity contribution in [3.05, 3.63) is 33.8 Å². The summed E-state index contributed by atoms with van der Waals surface area (Å²) in [6.07, 6.45) is 7.00. The van der Waals surface area contributed by atoms with Crippen LogP contribution in [0.15, 0.2) is 18.2 Å². The molecule has 1 aromatic rings. The normalized spacial score (nSPS) is 25.6. The van der Waals surface area contributed by atoms with Crippen LogP contribution in [0.4, 0.5) is 0 Å². The van der Waals surface area contributed by atoms with E-state index in [2.05, 4.69) is 0 Å². The number of hydrogen-bond donors (Lipinski definition) is 1. The molecule has 0 heterocycles. The quantitative estimate of drug-likeness (QED) is 0.791. The summed E-state index contributed by atoms with van der Waals surface area (Å²) < 4.78 is 0. The van der Waals surface area contributed by atoms with E-state index in [1.165, 1.54) is 19.3 Å². The average molecular weight is 272 g/mol. The van der Waals surface area contributed by atoms with Crippen molar-refractivity contribution in [2.45, 2.75) is 44.6 Å². The second-order valence-corrected chi connectivity index (χ2v) is 5.87. The molecule has 1 nitrogen and oxygen atoms in total. The summed E-state index contributed by atoms with van der Waals surface area (Å²) in [5, 5.41) is 1.57. The summed E-state index contributed by atoms with van der Waals surface area (Å²) in [5.74, 6) is 0.630. The smallest absolute Gasteiger partial charge is 0.0452 e. The van der Waals surface area contributed by atoms with Gasteiger partial charge in [-0.05, 0) is 42.9 Å². The van der Waals surface area contributed by atoms with Crippen molar-refractivity contribution < 1.29 is 0 Å². The highest BCUT2D eigenvalue weighted by atomic mass is 35.5. The number of benzene rings is 1. The molecule has 0 radical (unpaired) electrons. The zero-order chi connectivity index (χ0) is 12.3. The van der Waals surface area contributed by atoms with Gasteiger partial charge in [-0.25, -0.2) is 0 Å². The lowest BCUT2D eigenvalue weighted by atomic mass is 9.91. The topological polar surface area (TPSA) is 26.0 Å². The first-order valence-corrected chi connectivity index (χ1v) is 7.11. The SMILES string of the molecule is NC1CCCCC(Cc2c(Cl)cccc2Cl)C1. The highest BCUT2D eigenvalue weighted by Gasteiger charge is 2.19. The summed E-state index contributed by atoms with van der Waals surface area (Å²) in [6.45, 7) is 0. The predicted molar refractivity (Wildman–Crippen MR) is 74.7 cm³/mol. The van der Waals surface area contributed by atoms with Gasteiger partial charge < -0.3 is 5.73 Å². The lowest BCUT2D eigenvalue weighted by Gasteiger charge is -2.18. The van der Waals surface area contributed by atoms with Gasteiger partial charge in [-0.3, -0.25) is 0 Å². The van der Waals surface area contributed by atoms with Crippen molar-refractivity contribution in [2.75, 3.05) is 0 Å². The van der Waals surface area contributed by atoms with E-state index in [0.717, 1.165) is 34.9 Å². The monoisotopic (exact) mass is 271 g/mol. The van der Waals surface area contributed by atoms with Crippen molar-refractivity contribution in [1.29, 1.82) is 0 Å². The molecule has 3 heteroatoms. The minimum absolute atomic E-state index is 0.351. The van der Waals surface area contributed by atoms with Crippen molar-refractivity contribution in [2.24, 2.45) is 11.7 Å². The Balaban J connectivity index is 2.09. The molecule has 94 valence electrons. The van der Waals surface area contributed by atoms with Crippen LogP contribution in [0, 0.1) is 5.92 Å². The van der Waals surface area contributed by atoms with Crippen molar-refractivity contribution in [1.82, 2.24) is 0 Å². The van der Waals surface area contributed by atoms with E-state index in [1.807, 2.05) is 18.2 Å². The fourth-order valence-electron chi connectivity index (χ4n) is 2.70. The molecule has 2 rings (SSSR count). The van der Waals surface area contributed by atoms with E-state index in [9.17, 15) is 0 Å². The number of halogens is 2. The van der Waals surface area contributed by atoms with Crippen LogP contribution in [0.3, 0.4) is 0 Å². The van der Waals surface area contributed by atoms with Crippen molar-refractivity contribution >= 4 is 23.2 Å². The Morgan fingerprint density at radius 3 is 2.47 bits per heavy atom. The molecule has 17 heavy (non-hydrogen) atoms. The second-order valence-electron chi connectivity index (χ2n) is 5.05. The molecule has 0 amide bonds. The first kappa shape index (κ1) is 13.2. The fraction of sp³-hybridized carbons (Fsp3) is 0.571. The third-order valence-corrected chi connectivity index (χ3v) is 4.34. The van der Waals surface area contributed by atoms with E-state index in [-0.39, 0.29) is 0 Å². The van der Waals surface area contributed by atoms with Gasteiger partial charge in [0.1, 0.15) is 0 Å². The zero-order valence-electron chi connectivity index (χ0n) is 9.96. The average Bonchev–Trinajstić information content (AvgIpc) is 2.48. The molecule has 2 N–H and O–H groups in total. The summed E-state index contributed by atoms with van der Waals surface area (Å²) in [5.41, 5.74) is 7.18. The van der Waals surface area contributed by atoms with Gasteiger partial charge in [-0.2, -0.15) is 0 Å². The molecule has 0 aliphatic heterocycles. The van der Waals surface area contributed by atoms with Gasteiger partial charge in [0, 0.05) is 16.1 Å². The summed E-state index contributed by atoms with van der Waals surface area (Å²) >= 11 is 12.4. The van der Waals surface area contributed by atoms with Gasteiger partial charge in [-0.15, -0.1) is 0 Å². The van der Waals surface area contributed by atoms with Crippen LogP contribution in [-0.2, 0) is 6.42 Å². The molecular weight excluding hydrogens is 253 g/mol. The molecule has 2 unspecified atom stereocenters. The maximum atomic E-state index is 6.21. The first-order chi connectivity index (χ1) is 8.16.